The maximum Gasteiger partial charge on any atom is 0.268 e. The number of unbranched alkanes of at least 4 members (excludes halogenated alkanes) is 2. The first-order valence-electron chi connectivity index (χ1n) is 6.04. The summed E-state index contributed by atoms with van der Waals surface area (Å²) in [5, 5.41) is 12.5. The van der Waals surface area contributed by atoms with Crippen LogP contribution in [0.15, 0.2) is 17.1 Å². The van der Waals surface area contributed by atoms with Gasteiger partial charge in [-0.1, -0.05) is 0 Å². The Morgan fingerprint density at radius 3 is 2.94 bits per heavy atom. The summed E-state index contributed by atoms with van der Waals surface area (Å²) in [4.78, 5) is 13.7. The summed E-state index contributed by atoms with van der Waals surface area (Å²) in [6.07, 6.45) is 3.77. The number of hydrogen-bond donors (Lipinski definition) is 1. The quantitative estimate of drug-likeness (QED) is 0.704. The maximum absolute atomic E-state index is 11.8. The van der Waals surface area contributed by atoms with Crippen molar-refractivity contribution in [3.8, 4) is 6.07 Å². The molecular formula is C12H19N5O. The predicted octanol–water partition coefficient (Wildman–Crippen LogP) is 0.332. The number of aryl methyl sites for hydroxylation is 1. The lowest BCUT2D eigenvalue weighted by molar-refractivity contribution is 0.534. The molecule has 1 aromatic rings. The molecule has 2 N–H and O–H groups in total. The zero-order valence-electron chi connectivity index (χ0n) is 10.7. The van der Waals surface area contributed by atoms with Crippen LogP contribution in [0, 0.1) is 11.3 Å². The van der Waals surface area contributed by atoms with Gasteiger partial charge in [-0.2, -0.15) is 10.4 Å². The summed E-state index contributed by atoms with van der Waals surface area (Å²) >= 11 is 0. The predicted molar refractivity (Wildman–Crippen MR) is 70.3 cm³/mol. The first-order valence-corrected chi connectivity index (χ1v) is 6.04. The molecule has 0 atom stereocenters. The largest absolute Gasteiger partial charge is 0.372 e. The molecule has 18 heavy (non-hydrogen) atoms. The molecule has 0 saturated heterocycles. The Kier molecular flexibility index (Phi) is 5.88. The van der Waals surface area contributed by atoms with Crippen LogP contribution in [0.2, 0.25) is 0 Å². The number of nitrogens with zero attached hydrogens (tertiary/aromatic N) is 4. The van der Waals surface area contributed by atoms with Crippen LogP contribution in [0.3, 0.4) is 0 Å². The molecule has 1 aromatic heterocycles. The van der Waals surface area contributed by atoms with E-state index in [1.54, 1.807) is 12.3 Å². The Morgan fingerprint density at radius 1 is 1.56 bits per heavy atom. The van der Waals surface area contributed by atoms with E-state index < -0.39 is 0 Å². The molecule has 98 valence electrons. The Labute approximate surface area is 107 Å². The van der Waals surface area contributed by atoms with E-state index in [9.17, 15) is 4.79 Å². The molecule has 0 saturated carbocycles. The van der Waals surface area contributed by atoms with Crippen LogP contribution in [0.25, 0.3) is 0 Å². The Balaban J connectivity index is 2.63. The third kappa shape index (κ3) is 4.18. The van der Waals surface area contributed by atoms with E-state index in [0.29, 0.717) is 26.1 Å². The topological polar surface area (TPSA) is 87.9 Å². The normalized spacial score (nSPS) is 10.1. The molecule has 6 heteroatoms. The molecule has 0 bridgehead atoms. The highest BCUT2D eigenvalue weighted by Gasteiger charge is 2.03. The summed E-state index contributed by atoms with van der Waals surface area (Å²) in [6.45, 7) is 1.78. The van der Waals surface area contributed by atoms with Crippen LogP contribution in [0.1, 0.15) is 19.3 Å². The van der Waals surface area contributed by atoms with E-state index in [2.05, 4.69) is 11.2 Å². The summed E-state index contributed by atoms with van der Waals surface area (Å²) in [6, 6.07) is 3.64. The van der Waals surface area contributed by atoms with Gasteiger partial charge >= 0.3 is 0 Å². The Morgan fingerprint density at radius 2 is 2.33 bits per heavy atom. The Hall–Kier alpha value is -1.87. The van der Waals surface area contributed by atoms with Crippen LogP contribution in [-0.2, 0) is 6.54 Å². The van der Waals surface area contributed by atoms with Crippen LogP contribution >= 0.6 is 0 Å². The molecule has 0 amide bonds. The lowest BCUT2D eigenvalue weighted by Gasteiger charge is -2.17. The molecule has 0 fully saturated rings. The van der Waals surface area contributed by atoms with Crippen LogP contribution in [0.4, 0.5) is 5.69 Å². The van der Waals surface area contributed by atoms with Crippen molar-refractivity contribution in [2.24, 2.45) is 5.73 Å². The molecule has 0 spiro atoms. The highest BCUT2D eigenvalue weighted by Crippen LogP contribution is 2.06. The fourth-order valence-electron chi connectivity index (χ4n) is 1.59. The van der Waals surface area contributed by atoms with E-state index in [1.807, 2.05) is 11.9 Å². The van der Waals surface area contributed by atoms with Gasteiger partial charge in [-0.05, 0) is 12.8 Å². The number of nitriles is 1. The van der Waals surface area contributed by atoms with Crippen molar-refractivity contribution in [1.82, 2.24) is 9.78 Å². The molecule has 0 unspecified atom stereocenters. The van der Waals surface area contributed by atoms with Crippen molar-refractivity contribution in [3.05, 3.63) is 22.6 Å². The molecule has 0 radical (unpaired) electrons. The summed E-state index contributed by atoms with van der Waals surface area (Å²) in [7, 11) is 1.88. The third-order valence-corrected chi connectivity index (χ3v) is 2.67. The van der Waals surface area contributed by atoms with Gasteiger partial charge in [0, 0.05) is 39.2 Å². The van der Waals surface area contributed by atoms with Crippen LogP contribution in [-0.4, -0.2) is 29.9 Å². The van der Waals surface area contributed by atoms with E-state index >= 15 is 0 Å². The van der Waals surface area contributed by atoms with Gasteiger partial charge in [0.1, 0.15) is 0 Å². The molecule has 1 heterocycles. The number of hydrogen-bond acceptors (Lipinski definition) is 5. The second-order valence-electron chi connectivity index (χ2n) is 4.10. The minimum absolute atomic E-state index is 0.117. The van der Waals surface area contributed by atoms with E-state index in [1.165, 1.54) is 4.68 Å². The monoisotopic (exact) mass is 249 g/mol. The molecule has 6 nitrogen and oxygen atoms in total. The first-order chi connectivity index (χ1) is 8.69. The van der Waals surface area contributed by atoms with Crippen molar-refractivity contribution >= 4 is 5.69 Å². The third-order valence-electron chi connectivity index (χ3n) is 2.67. The van der Waals surface area contributed by atoms with Crippen molar-refractivity contribution in [1.29, 1.82) is 5.26 Å². The van der Waals surface area contributed by atoms with Gasteiger partial charge < -0.3 is 10.6 Å². The van der Waals surface area contributed by atoms with Gasteiger partial charge in [0.2, 0.25) is 0 Å². The lowest BCUT2D eigenvalue weighted by Crippen LogP contribution is -2.29. The van der Waals surface area contributed by atoms with Gasteiger partial charge in [-0.3, -0.25) is 4.79 Å². The minimum atomic E-state index is -0.117. The second-order valence-corrected chi connectivity index (χ2v) is 4.10. The highest BCUT2D eigenvalue weighted by atomic mass is 16.1. The first kappa shape index (κ1) is 14.2. The SMILES string of the molecule is CN(CCN)c1cnn(CCCCC#N)c(=O)c1. The van der Waals surface area contributed by atoms with Gasteiger partial charge in [0.25, 0.3) is 5.56 Å². The lowest BCUT2D eigenvalue weighted by atomic mass is 10.2. The van der Waals surface area contributed by atoms with Crippen molar-refractivity contribution in [2.75, 3.05) is 25.0 Å². The summed E-state index contributed by atoms with van der Waals surface area (Å²) in [5.74, 6) is 0. The molecule has 0 aliphatic carbocycles. The van der Waals surface area contributed by atoms with Crippen molar-refractivity contribution < 1.29 is 0 Å². The number of likely N-dealkylation sites (N-methyl/N-ethyl adjacent to an activating group) is 1. The fraction of sp³-hybridized carbons (Fsp3) is 0.583. The number of anilines is 1. The van der Waals surface area contributed by atoms with Crippen molar-refractivity contribution in [2.45, 2.75) is 25.8 Å². The smallest absolute Gasteiger partial charge is 0.268 e. The highest BCUT2D eigenvalue weighted by molar-refractivity contribution is 5.41. The van der Waals surface area contributed by atoms with Crippen LogP contribution in [0.5, 0.6) is 0 Å². The average Bonchev–Trinajstić information content (AvgIpc) is 2.36. The number of aromatic nitrogens is 2. The maximum atomic E-state index is 11.8. The zero-order chi connectivity index (χ0) is 13.4. The second kappa shape index (κ2) is 7.45. The summed E-state index contributed by atoms with van der Waals surface area (Å²) < 4.78 is 1.43. The molecule has 0 aliphatic heterocycles. The van der Waals surface area contributed by atoms with Gasteiger partial charge in [0.05, 0.1) is 18.0 Å². The van der Waals surface area contributed by atoms with Gasteiger partial charge in [-0.25, -0.2) is 4.68 Å². The van der Waals surface area contributed by atoms with E-state index in [4.69, 9.17) is 11.0 Å². The van der Waals surface area contributed by atoms with Crippen LogP contribution < -0.4 is 16.2 Å². The fourth-order valence-corrected chi connectivity index (χ4v) is 1.59. The number of rotatable bonds is 7. The van der Waals surface area contributed by atoms with E-state index in [-0.39, 0.29) is 5.56 Å². The zero-order valence-corrected chi connectivity index (χ0v) is 10.7. The Bertz CT molecular complexity index is 462. The molecule has 0 aromatic carbocycles. The molecule has 1 rings (SSSR count). The average molecular weight is 249 g/mol. The van der Waals surface area contributed by atoms with Gasteiger partial charge in [0.15, 0.2) is 0 Å². The standard InChI is InChI=1S/C12H19N5O/c1-16(8-6-14)11-9-12(18)17(15-10-11)7-4-2-3-5-13/h9-10H,2-4,6-8,14H2,1H3. The summed E-state index contributed by atoms with van der Waals surface area (Å²) in [5.41, 5.74) is 6.12. The number of nitrogens with two attached hydrogens (primary N) is 1. The molecule has 0 aliphatic rings. The van der Waals surface area contributed by atoms with Gasteiger partial charge in [-0.15, -0.1) is 0 Å². The minimum Gasteiger partial charge on any atom is -0.372 e. The molecular weight excluding hydrogens is 230 g/mol. The van der Waals surface area contributed by atoms with E-state index in [0.717, 1.165) is 18.5 Å². The van der Waals surface area contributed by atoms with Crippen molar-refractivity contribution in [3.63, 3.8) is 0 Å².